The molecule has 0 amide bonds. The van der Waals surface area contributed by atoms with E-state index in [9.17, 15) is 0 Å². The molecule has 0 spiro atoms. The summed E-state index contributed by atoms with van der Waals surface area (Å²) in [6.07, 6.45) is 6.47. The predicted molar refractivity (Wildman–Crippen MR) is 91.1 cm³/mol. The van der Waals surface area contributed by atoms with Gasteiger partial charge in [-0.05, 0) is 31.2 Å². The molecule has 0 N–H and O–H groups in total. The first-order valence-electron chi connectivity index (χ1n) is 7.96. The van der Waals surface area contributed by atoms with Crippen molar-refractivity contribution in [2.45, 2.75) is 66.7 Å². The first-order chi connectivity index (χ1) is 10.3. The van der Waals surface area contributed by atoms with Gasteiger partial charge in [-0.1, -0.05) is 34.6 Å². The Morgan fingerprint density at radius 1 is 0.864 bits per heavy atom. The summed E-state index contributed by atoms with van der Waals surface area (Å²) in [6, 6.07) is 0. The molecular formula is C18H28N4. The molecule has 2 aromatic heterocycles. The molecule has 0 aliphatic rings. The van der Waals surface area contributed by atoms with Gasteiger partial charge in [0.2, 0.25) is 0 Å². The van der Waals surface area contributed by atoms with Crippen LogP contribution in [-0.2, 0) is 6.42 Å². The SMILES string of the molecule is CCc1ncc(C)c(C(C)C)n1.Cc1cnc(C(C)C)cn1. The molecule has 4 heteroatoms. The molecule has 2 rings (SSSR count). The number of hydrogen-bond acceptors (Lipinski definition) is 4. The van der Waals surface area contributed by atoms with Crippen LogP contribution in [0.1, 0.15) is 74.9 Å². The largest absolute Gasteiger partial charge is 0.258 e. The molecule has 0 aromatic carbocycles. The molecule has 0 aliphatic carbocycles. The molecule has 0 radical (unpaired) electrons. The number of aryl methyl sites for hydroxylation is 3. The Balaban J connectivity index is 0.000000224. The third kappa shape index (κ3) is 5.51. The first-order valence-corrected chi connectivity index (χ1v) is 7.96. The summed E-state index contributed by atoms with van der Waals surface area (Å²) in [5, 5.41) is 0. The van der Waals surface area contributed by atoms with Gasteiger partial charge < -0.3 is 0 Å². The topological polar surface area (TPSA) is 51.6 Å². The highest BCUT2D eigenvalue weighted by Gasteiger charge is 2.05. The number of rotatable bonds is 3. The van der Waals surface area contributed by atoms with E-state index in [2.05, 4.69) is 61.5 Å². The lowest BCUT2D eigenvalue weighted by Crippen LogP contribution is -2.02. The zero-order chi connectivity index (χ0) is 16.7. The van der Waals surface area contributed by atoms with E-state index in [0.717, 1.165) is 23.6 Å². The molecule has 0 bridgehead atoms. The van der Waals surface area contributed by atoms with Gasteiger partial charge in [0.15, 0.2) is 0 Å². The highest BCUT2D eigenvalue weighted by Crippen LogP contribution is 2.15. The monoisotopic (exact) mass is 300 g/mol. The lowest BCUT2D eigenvalue weighted by molar-refractivity contribution is 0.774. The van der Waals surface area contributed by atoms with E-state index in [1.807, 2.05) is 19.3 Å². The molecule has 0 aliphatic heterocycles. The Kier molecular flexibility index (Phi) is 7.09. The molecule has 0 atom stereocenters. The molecule has 0 unspecified atom stereocenters. The summed E-state index contributed by atoms with van der Waals surface area (Å²) in [5.74, 6) is 1.93. The van der Waals surface area contributed by atoms with Crippen LogP contribution in [0, 0.1) is 13.8 Å². The minimum atomic E-state index is 0.480. The van der Waals surface area contributed by atoms with E-state index in [1.165, 1.54) is 11.3 Å². The normalized spacial score (nSPS) is 10.6. The Morgan fingerprint density at radius 2 is 1.55 bits per heavy atom. The second kappa shape index (κ2) is 8.57. The average Bonchev–Trinajstić information content (AvgIpc) is 2.48. The maximum Gasteiger partial charge on any atom is 0.128 e. The van der Waals surface area contributed by atoms with E-state index in [4.69, 9.17) is 0 Å². The summed E-state index contributed by atoms with van der Waals surface area (Å²) in [5.41, 5.74) is 4.42. The van der Waals surface area contributed by atoms with Crippen molar-refractivity contribution in [1.29, 1.82) is 0 Å². The van der Waals surface area contributed by atoms with Crippen molar-refractivity contribution in [2.24, 2.45) is 0 Å². The highest BCUT2D eigenvalue weighted by molar-refractivity contribution is 5.18. The van der Waals surface area contributed by atoms with Crippen molar-refractivity contribution in [1.82, 2.24) is 19.9 Å². The Bertz CT molecular complexity index is 574. The van der Waals surface area contributed by atoms with Crippen LogP contribution < -0.4 is 0 Å². The van der Waals surface area contributed by atoms with Crippen LogP contribution >= 0.6 is 0 Å². The molecule has 2 heterocycles. The summed E-state index contributed by atoms with van der Waals surface area (Å²) in [4.78, 5) is 17.1. The van der Waals surface area contributed by atoms with Crippen LogP contribution in [0.5, 0.6) is 0 Å². The molecule has 0 saturated heterocycles. The van der Waals surface area contributed by atoms with Crippen LogP contribution in [0.4, 0.5) is 0 Å². The van der Waals surface area contributed by atoms with Gasteiger partial charge in [-0.15, -0.1) is 0 Å². The lowest BCUT2D eigenvalue weighted by Gasteiger charge is -2.08. The molecule has 120 valence electrons. The van der Waals surface area contributed by atoms with Gasteiger partial charge in [-0.25, -0.2) is 9.97 Å². The Hall–Kier alpha value is -1.84. The van der Waals surface area contributed by atoms with Gasteiger partial charge in [0.05, 0.1) is 11.4 Å². The fourth-order valence-electron chi connectivity index (χ4n) is 1.95. The van der Waals surface area contributed by atoms with Gasteiger partial charge >= 0.3 is 0 Å². The van der Waals surface area contributed by atoms with Crippen molar-refractivity contribution in [3.8, 4) is 0 Å². The maximum absolute atomic E-state index is 4.48. The number of aromatic nitrogens is 4. The standard InChI is InChI=1S/C10H16N2.C8H12N2/c1-5-9-11-6-8(4)10(12-9)7(2)3;1-6(2)8-5-9-7(3)4-10-8/h6-7H,5H2,1-4H3;4-6H,1-3H3. The summed E-state index contributed by atoms with van der Waals surface area (Å²) in [6.45, 7) is 14.6. The van der Waals surface area contributed by atoms with Gasteiger partial charge in [-0.2, -0.15) is 0 Å². The second-order valence-corrected chi connectivity index (χ2v) is 6.10. The van der Waals surface area contributed by atoms with Crippen LogP contribution in [-0.4, -0.2) is 19.9 Å². The average molecular weight is 300 g/mol. The fraction of sp³-hybridized carbons (Fsp3) is 0.556. The van der Waals surface area contributed by atoms with E-state index in [0.29, 0.717) is 11.8 Å². The van der Waals surface area contributed by atoms with Gasteiger partial charge in [0, 0.05) is 30.7 Å². The third-order valence-electron chi connectivity index (χ3n) is 3.32. The quantitative estimate of drug-likeness (QED) is 0.844. The summed E-state index contributed by atoms with van der Waals surface area (Å²) < 4.78 is 0. The van der Waals surface area contributed by atoms with Gasteiger partial charge in [-0.3, -0.25) is 9.97 Å². The maximum atomic E-state index is 4.48. The number of nitrogens with zero attached hydrogens (tertiary/aromatic N) is 4. The molecule has 2 aromatic rings. The molecule has 22 heavy (non-hydrogen) atoms. The minimum absolute atomic E-state index is 0.480. The van der Waals surface area contributed by atoms with Crippen molar-refractivity contribution in [3.63, 3.8) is 0 Å². The fourth-order valence-corrected chi connectivity index (χ4v) is 1.95. The lowest BCUT2D eigenvalue weighted by atomic mass is 10.1. The summed E-state index contributed by atoms with van der Waals surface area (Å²) in [7, 11) is 0. The van der Waals surface area contributed by atoms with Crippen molar-refractivity contribution >= 4 is 0 Å². The van der Waals surface area contributed by atoms with Crippen molar-refractivity contribution < 1.29 is 0 Å². The Morgan fingerprint density at radius 3 is 2.00 bits per heavy atom. The third-order valence-corrected chi connectivity index (χ3v) is 3.32. The van der Waals surface area contributed by atoms with Gasteiger partial charge in [0.25, 0.3) is 0 Å². The van der Waals surface area contributed by atoms with E-state index in [1.54, 1.807) is 6.20 Å². The smallest absolute Gasteiger partial charge is 0.128 e. The van der Waals surface area contributed by atoms with E-state index in [-0.39, 0.29) is 0 Å². The molecular weight excluding hydrogens is 272 g/mol. The van der Waals surface area contributed by atoms with Crippen LogP contribution in [0.15, 0.2) is 18.6 Å². The van der Waals surface area contributed by atoms with E-state index < -0.39 is 0 Å². The van der Waals surface area contributed by atoms with Crippen LogP contribution in [0.3, 0.4) is 0 Å². The van der Waals surface area contributed by atoms with E-state index >= 15 is 0 Å². The molecule has 0 saturated carbocycles. The Labute approximate surface area is 134 Å². The zero-order valence-corrected chi connectivity index (χ0v) is 14.9. The minimum Gasteiger partial charge on any atom is -0.258 e. The first kappa shape index (κ1) is 18.2. The van der Waals surface area contributed by atoms with Crippen LogP contribution in [0.25, 0.3) is 0 Å². The number of hydrogen-bond donors (Lipinski definition) is 0. The predicted octanol–water partition coefficient (Wildman–Crippen LogP) is 4.38. The zero-order valence-electron chi connectivity index (χ0n) is 14.9. The van der Waals surface area contributed by atoms with Crippen molar-refractivity contribution in [2.75, 3.05) is 0 Å². The second-order valence-electron chi connectivity index (χ2n) is 6.10. The molecule has 4 nitrogen and oxygen atoms in total. The van der Waals surface area contributed by atoms with Crippen LogP contribution in [0.2, 0.25) is 0 Å². The highest BCUT2D eigenvalue weighted by atomic mass is 14.9. The molecule has 0 fully saturated rings. The van der Waals surface area contributed by atoms with Gasteiger partial charge in [0.1, 0.15) is 5.82 Å². The summed E-state index contributed by atoms with van der Waals surface area (Å²) >= 11 is 0. The van der Waals surface area contributed by atoms with Crippen molar-refractivity contribution in [3.05, 3.63) is 47.1 Å².